The summed E-state index contributed by atoms with van der Waals surface area (Å²) in [5, 5.41) is 15.3. The number of hydrogen-bond donors (Lipinski definition) is 2. The molecule has 0 aliphatic rings. The topological polar surface area (TPSA) is 97.0 Å². The van der Waals surface area contributed by atoms with Crippen LogP contribution in [0.15, 0.2) is 66.2 Å². The van der Waals surface area contributed by atoms with Gasteiger partial charge in [0.05, 0.1) is 18.7 Å². The van der Waals surface area contributed by atoms with Crippen LogP contribution in [0.4, 0.5) is 4.39 Å². The van der Waals surface area contributed by atoms with E-state index in [1.807, 2.05) is 41.8 Å². The van der Waals surface area contributed by atoms with Crippen molar-refractivity contribution < 1.29 is 18.7 Å². The standard InChI is InChI=1S/C26H24ClFN4O3S/c1-2-35-26(34)21(24-4-3-11-36-24)14-19(30-25(33)23-15-29-32-31-23)12-16-5-7-17(8-6-16)20-13-18(27)9-10-22(20)28/h3-11,13,15,19,21H,2,12,14H2,1H3,(H,30,33)(H,29,31,32)/t19-,21?/m1/s1. The van der Waals surface area contributed by atoms with Crippen LogP contribution in [-0.2, 0) is 16.0 Å². The van der Waals surface area contributed by atoms with Crippen molar-refractivity contribution in [2.24, 2.45) is 0 Å². The van der Waals surface area contributed by atoms with E-state index < -0.39 is 17.9 Å². The lowest BCUT2D eigenvalue weighted by Crippen LogP contribution is -2.39. The van der Waals surface area contributed by atoms with Crippen LogP contribution in [0.2, 0.25) is 5.02 Å². The number of aromatic nitrogens is 3. The molecule has 0 aliphatic heterocycles. The summed E-state index contributed by atoms with van der Waals surface area (Å²) in [6, 6.07) is 15.1. The van der Waals surface area contributed by atoms with Crippen LogP contribution in [0.25, 0.3) is 11.1 Å². The average Bonchev–Trinajstić information content (AvgIpc) is 3.59. The first-order valence-corrected chi connectivity index (χ1v) is 12.6. The van der Waals surface area contributed by atoms with Crippen molar-refractivity contribution in [2.45, 2.75) is 31.7 Å². The summed E-state index contributed by atoms with van der Waals surface area (Å²) in [6.07, 6.45) is 2.10. The van der Waals surface area contributed by atoms with Gasteiger partial charge < -0.3 is 10.1 Å². The molecule has 0 radical (unpaired) electrons. The molecule has 2 atom stereocenters. The number of amides is 1. The van der Waals surface area contributed by atoms with E-state index in [-0.39, 0.29) is 24.1 Å². The van der Waals surface area contributed by atoms with Gasteiger partial charge in [0, 0.05) is 21.5 Å². The fraction of sp³-hybridized carbons (Fsp3) is 0.231. The highest BCUT2D eigenvalue weighted by Crippen LogP contribution is 2.30. The van der Waals surface area contributed by atoms with E-state index in [0.717, 1.165) is 10.4 Å². The lowest BCUT2D eigenvalue weighted by Gasteiger charge is -2.23. The van der Waals surface area contributed by atoms with Gasteiger partial charge in [-0.05, 0) is 60.5 Å². The summed E-state index contributed by atoms with van der Waals surface area (Å²) in [7, 11) is 0. The van der Waals surface area contributed by atoms with Gasteiger partial charge in [0.15, 0.2) is 5.69 Å². The molecule has 0 fully saturated rings. The molecular weight excluding hydrogens is 503 g/mol. The molecule has 36 heavy (non-hydrogen) atoms. The fourth-order valence-electron chi connectivity index (χ4n) is 3.93. The maximum absolute atomic E-state index is 14.3. The zero-order valence-corrected chi connectivity index (χ0v) is 21.0. The number of rotatable bonds is 10. The highest BCUT2D eigenvalue weighted by Gasteiger charge is 2.28. The number of carbonyl (C=O) groups is 2. The largest absolute Gasteiger partial charge is 0.465 e. The molecule has 2 N–H and O–H groups in total. The number of hydrogen-bond acceptors (Lipinski definition) is 6. The molecule has 1 amide bonds. The number of halogens is 2. The summed E-state index contributed by atoms with van der Waals surface area (Å²) in [5.41, 5.74) is 2.14. The third-order valence-corrected chi connectivity index (χ3v) is 6.86. The van der Waals surface area contributed by atoms with E-state index in [4.69, 9.17) is 16.3 Å². The molecule has 1 unspecified atom stereocenters. The predicted octanol–water partition coefficient (Wildman–Crippen LogP) is 5.40. The van der Waals surface area contributed by atoms with Crippen LogP contribution < -0.4 is 5.32 Å². The van der Waals surface area contributed by atoms with E-state index >= 15 is 0 Å². The Kier molecular flexibility index (Phi) is 8.45. The van der Waals surface area contributed by atoms with Crippen LogP contribution in [0.1, 0.15) is 40.2 Å². The highest BCUT2D eigenvalue weighted by molar-refractivity contribution is 7.10. The molecule has 7 nitrogen and oxygen atoms in total. The molecule has 2 aromatic heterocycles. The van der Waals surface area contributed by atoms with Gasteiger partial charge in [-0.15, -0.1) is 11.3 Å². The first-order chi connectivity index (χ1) is 17.4. The number of carbonyl (C=O) groups excluding carboxylic acids is 2. The maximum atomic E-state index is 14.3. The van der Waals surface area contributed by atoms with Crippen molar-refractivity contribution in [1.82, 2.24) is 20.7 Å². The molecule has 10 heteroatoms. The first kappa shape index (κ1) is 25.5. The van der Waals surface area contributed by atoms with E-state index in [1.54, 1.807) is 13.0 Å². The second-order valence-electron chi connectivity index (χ2n) is 8.11. The van der Waals surface area contributed by atoms with Gasteiger partial charge in [-0.3, -0.25) is 9.59 Å². The SMILES string of the molecule is CCOC(=O)C(C[C@@H](Cc1ccc(-c2cc(Cl)ccc2F)cc1)NC(=O)c1cn[nH]n1)c1cccs1. The summed E-state index contributed by atoms with van der Waals surface area (Å²) in [6.45, 7) is 2.02. The van der Waals surface area contributed by atoms with Crippen molar-refractivity contribution in [3.63, 3.8) is 0 Å². The summed E-state index contributed by atoms with van der Waals surface area (Å²) in [4.78, 5) is 26.4. The lowest BCUT2D eigenvalue weighted by molar-refractivity contribution is -0.145. The van der Waals surface area contributed by atoms with Gasteiger partial charge in [0.2, 0.25) is 0 Å². The lowest BCUT2D eigenvalue weighted by atomic mass is 9.92. The Balaban J connectivity index is 1.58. The number of esters is 1. The van der Waals surface area contributed by atoms with Crippen LogP contribution in [0, 0.1) is 5.82 Å². The second kappa shape index (κ2) is 11.9. The maximum Gasteiger partial charge on any atom is 0.314 e. The molecule has 4 rings (SSSR count). The molecule has 2 heterocycles. The Morgan fingerprint density at radius 1 is 1.19 bits per heavy atom. The summed E-state index contributed by atoms with van der Waals surface area (Å²) in [5.74, 6) is -1.64. The molecule has 186 valence electrons. The van der Waals surface area contributed by atoms with Crippen LogP contribution in [0.3, 0.4) is 0 Å². The minimum atomic E-state index is -0.535. The van der Waals surface area contributed by atoms with Crippen LogP contribution >= 0.6 is 22.9 Å². The molecule has 2 aromatic carbocycles. The number of benzene rings is 2. The minimum absolute atomic E-state index is 0.149. The van der Waals surface area contributed by atoms with Gasteiger partial charge in [-0.2, -0.15) is 15.4 Å². The Hall–Kier alpha value is -3.56. The first-order valence-electron chi connectivity index (χ1n) is 11.4. The molecule has 0 aliphatic carbocycles. The van der Waals surface area contributed by atoms with Crippen LogP contribution in [-0.4, -0.2) is 39.9 Å². The van der Waals surface area contributed by atoms with E-state index in [0.29, 0.717) is 29.0 Å². The molecular formula is C26H24ClFN4O3S. The third-order valence-electron chi connectivity index (χ3n) is 5.64. The molecule has 0 saturated carbocycles. The number of H-pyrrole nitrogens is 1. The quantitative estimate of drug-likeness (QED) is 0.269. The smallest absolute Gasteiger partial charge is 0.314 e. The minimum Gasteiger partial charge on any atom is -0.465 e. The van der Waals surface area contributed by atoms with Crippen LogP contribution in [0.5, 0.6) is 0 Å². The Labute approximate surface area is 216 Å². The third kappa shape index (κ3) is 6.35. The fourth-order valence-corrected chi connectivity index (χ4v) is 4.93. The summed E-state index contributed by atoms with van der Waals surface area (Å²) < 4.78 is 19.6. The van der Waals surface area contributed by atoms with Crippen molar-refractivity contribution in [3.05, 3.63) is 93.1 Å². The van der Waals surface area contributed by atoms with Crippen molar-refractivity contribution in [1.29, 1.82) is 0 Å². The van der Waals surface area contributed by atoms with Crippen molar-refractivity contribution >= 4 is 34.8 Å². The Bertz CT molecular complexity index is 1300. The monoisotopic (exact) mass is 526 g/mol. The zero-order valence-electron chi connectivity index (χ0n) is 19.4. The number of nitrogens with one attached hydrogen (secondary N) is 2. The Morgan fingerprint density at radius 3 is 2.67 bits per heavy atom. The zero-order chi connectivity index (χ0) is 25.5. The summed E-state index contributed by atoms with van der Waals surface area (Å²) >= 11 is 7.51. The Morgan fingerprint density at radius 2 is 2.00 bits per heavy atom. The number of aromatic amines is 1. The van der Waals surface area contributed by atoms with Crippen molar-refractivity contribution in [2.75, 3.05) is 6.61 Å². The van der Waals surface area contributed by atoms with Crippen molar-refractivity contribution in [3.8, 4) is 11.1 Å². The molecule has 0 bridgehead atoms. The van der Waals surface area contributed by atoms with Gasteiger partial charge in [-0.25, -0.2) is 4.39 Å². The van der Waals surface area contributed by atoms with Gasteiger partial charge in [0.25, 0.3) is 5.91 Å². The van der Waals surface area contributed by atoms with Gasteiger partial charge in [0.1, 0.15) is 5.82 Å². The average molecular weight is 527 g/mol. The molecule has 4 aromatic rings. The second-order valence-corrected chi connectivity index (χ2v) is 9.52. The van der Waals surface area contributed by atoms with Gasteiger partial charge in [-0.1, -0.05) is 41.9 Å². The number of nitrogens with zero attached hydrogens (tertiary/aromatic N) is 2. The molecule has 0 spiro atoms. The van der Waals surface area contributed by atoms with E-state index in [2.05, 4.69) is 20.7 Å². The van der Waals surface area contributed by atoms with E-state index in [9.17, 15) is 14.0 Å². The number of thiophene rings is 1. The molecule has 0 saturated heterocycles. The normalized spacial score (nSPS) is 12.6. The highest BCUT2D eigenvalue weighted by atomic mass is 35.5. The van der Waals surface area contributed by atoms with E-state index in [1.165, 1.54) is 29.7 Å². The number of ether oxygens (including phenoxy) is 1. The predicted molar refractivity (Wildman–Crippen MR) is 136 cm³/mol. The van der Waals surface area contributed by atoms with Gasteiger partial charge >= 0.3 is 5.97 Å².